The molecule has 1 aromatic carbocycles. The molecule has 2 heterocycles. The Kier molecular flexibility index (Phi) is 6.14. The molecule has 0 radical (unpaired) electrons. The average molecular weight is 359 g/mol. The van der Waals surface area contributed by atoms with Gasteiger partial charge in [-0.1, -0.05) is 12.1 Å². The predicted octanol–water partition coefficient (Wildman–Crippen LogP) is 3.08. The van der Waals surface area contributed by atoms with Crippen LogP contribution in [0.4, 0.5) is 10.5 Å². The highest BCUT2D eigenvalue weighted by Crippen LogP contribution is 2.25. The highest BCUT2D eigenvalue weighted by molar-refractivity contribution is 5.95. The minimum Gasteiger partial charge on any atom is -0.376 e. The van der Waals surface area contributed by atoms with Gasteiger partial charge in [0.2, 0.25) is 5.91 Å². The van der Waals surface area contributed by atoms with Gasteiger partial charge in [0, 0.05) is 38.9 Å². The van der Waals surface area contributed by atoms with Gasteiger partial charge in [-0.2, -0.15) is 0 Å². The number of anilines is 1. The molecule has 2 aliphatic rings. The maximum atomic E-state index is 12.5. The standard InChI is InChI=1S/C20H29N3O3/c1-15(21-20(25)22(2)14-18-9-3-4-12-26-18)16-7-5-8-17(13-16)23-11-6-10-19(23)24/h5,7-8,13,15,18H,3-4,6,9-12,14H2,1-2H3,(H,21,25). The Balaban J connectivity index is 1.57. The summed E-state index contributed by atoms with van der Waals surface area (Å²) in [6, 6.07) is 7.65. The van der Waals surface area contributed by atoms with Crippen molar-refractivity contribution >= 4 is 17.6 Å². The Morgan fingerprint density at radius 2 is 2.23 bits per heavy atom. The predicted molar refractivity (Wildman–Crippen MR) is 101 cm³/mol. The van der Waals surface area contributed by atoms with E-state index < -0.39 is 0 Å². The minimum atomic E-state index is -0.130. The van der Waals surface area contributed by atoms with Crippen molar-refractivity contribution in [3.63, 3.8) is 0 Å². The van der Waals surface area contributed by atoms with Gasteiger partial charge in [-0.05, 0) is 50.3 Å². The number of nitrogens with one attached hydrogen (secondary N) is 1. The summed E-state index contributed by atoms with van der Waals surface area (Å²) in [5.74, 6) is 0.172. The molecule has 3 amide bonds. The number of hydrogen-bond acceptors (Lipinski definition) is 3. The van der Waals surface area contributed by atoms with E-state index in [1.807, 2.05) is 36.1 Å². The number of likely N-dealkylation sites (N-methyl/N-ethyl adjacent to an activating group) is 1. The second-order valence-corrected chi connectivity index (χ2v) is 7.28. The molecule has 6 nitrogen and oxygen atoms in total. The number of nitrogens with zero attached hydrogens (tertiary/aromatic N) is 2. The zero-order valence-corrected chi connectivity index (χ0v) is 15.7. The van der Waals surface area contributed by atoms with Gasteiger partial charge in [0.15, 0.2) is 0 Å². The third-order valence-corrected chi connectivity index (χ3v) is 5.19. The molecule has 2 fully saturated rings. The zero-order valence-electron chi connectivity index (χ0n) is 15.7. The van der Waals surface area contributed by atoms with Crippen LogP contribution in [0.3, 0.4) is 0 Å². The van der Waals surface area contributed by atoms with Gasteiger partial charge in [0.05, 0.1) is 12.1 Å². The molecule has 26 heavy (non-hydrogen) atoms. The Morgan fingerprint density at radius 1 is 1.38 bits per heavy atom. The van der Waals surface area contributed by atoms with Crippen molar-refractivity contribution in [2.75, 3.05) is 31.6 Å². The summed E-state index contributed by atoms with van der Waals surface area (Å²) in [4.78, 5) is 28.0. The number of hydrogen-bond donors (Lipinski definition) is 1. The van der Waals surface area contributed by atoms with Gasteiger partial charge < -0.3 is 19.9 Å². The van der Waals surface area contributed by atoms with Gasteiger partial charge in [-0.25, -0.2) is 4.79 Å². The lowest BCUT2D eigenvalue weighted by atomic mass is 10.1. The summed E-state index contributed by atoms with van der Waals surface area (Å²) >= 11 is 0. The van der Waals surface area contributed by atoms with Crippen LogP contribution in [0.5, 0.6) is 0 Å². The molecule has 1 aromatic rings. The number of ether oxygens (including phenoxy) is 1. The van der Waals surface area contributed by atoms with E-state index >= 15 is 0 Å². The van der Waals surface area contributed by atoms with Gasteiger partial charge >= 0.3 is 6.03 Å². The quantitative estimate of drug-likeness (QED) is 0.879. The van der Waals surface area contributed by atoms with Crippen LogP contribution >= 0.6 is 0 Å². The number of carbonyl (C=O) groups excluding carboxylic acids is 2. The zero-order chi connectivity index (χ0) is 18.5. The van der Waals surface area contributed by atoms with Crippen molar-refractivity contribution < 1.29 is 14.3 Å². The van der Waals surface area contributed by atoms with Crippen molar-refractivity contribution in [3.8, 4) is 0 Å². The topological polar surface area (TPSA) is 61.9 Å². The van der Waals surface area contributed by atoms with Crippen LogP contribution in [-0.2, 0) is 9.53 Å². The van der Waals surface area contributed by atoms with Crippen LogP contribution in [0.2, 0.25) is 0 Å². The molecule has 1 N–H and O–H groups in total. The fraction of sp³-hybridized carbons (Fsp3) is 0.600. The Labute approximate surface area is 155 Å². The van der Waals surface area contributed by atoms with E-state index in [1.54, 1.807) is 11.9 Å². The van der Waals surface area contributed by atoms with E-state index in [4.69, 9.17) is 4.74 Å². The lowest BCUT2D eigenvalue weighted by Gasteiger charge is -2.28. The van der Waals surface area contributed by atoms with E-state index in [2.05, 4.69) is 5.32 Å². The first-order valence-electron chi connectivity index (χ1n) is 9.58. The first kappa shape index (κ1) is 18.7. The third-order valence-electron chi connectivity index (χ3n) is 5.19. The lowest BCUT2D eigenvalue weighted by molar-refractivity contribution is -0.117. The maximum Gasteiger partial charge on any atom is 0.317 e. The Hall–Kier alpha value is -2.08. The van der Waals surface area contributed by atoms with Gasteiger partial charge in [0.1, 0.15) is 0 Å². The number of rotatable bonds is 5. The van der Waals surface area contributed by atoms with Crippen LogP contribution in [0, 0.1) is 0 Å². The number of amides is 3. The van der Waals surface area contributed by atoms with Crippen molar-refractivity contribution in [1.82, 2.24) is 10.2 Å². The molecule has 2 unspecified atom stereocenters. The molecule has 142 valence electrons. The molecule has 0 aliphatic carbocycles. The average Bonchev–Trinajstić information content (AvgIpc) is 3.08. The summed E-state index contributed by atoms with van der Waals surface area (Å²) in [6.45, 7) is 4.14. The summed E-state index contributed by atoms with van der Waals surface area (Å²) in [5, 5.41) is 3.04. The molecule has 3 rings (SSSR count). The molecule has 0 bridgehead atoms. The largest absolute Gasteiger partial charge is 0.376 e. The van der Waals surface area contributed by atoms with Crippen molar-refractivity contribution in [1.29, 1.82) is 0 Å². The Morgan fingerprint density at radius 3 is 2.92 bits per heavy atom. The first-order valence-corrected chi connectivity index (χ1v) is 9.58. The number of urea groups is 1. The summed E-state index contributed by atoms with van der Waals surface area (Å²) < 4.78 is 5.71. The molecular weight excluding hydrogens is 330 g/mol. The molecule has 0 saturated carbocycles. The highest BCUT2D eigenvalue weighted by atomic mass is 16.5. The van der Waals surface area contributed by atoms with Crippen LogP contribution in [-0.4, -0.2) is 49.7 Å². The summed E-state index contributed by atoms with van der Waals surface area (Å²) in [7, 11) is 1.80. The molecular formula is C20H29N3O3. The van der Waals surface area contributed by atoms with Crippen molar-refractivity contribution in [3.05, 3.63) is 29.8 Å². The fourth-order valence-corrected chi connectivity index (χ4v) is 3.60. The van der Waals surface area contributed by atoms with Crippen LogP contribution in [0.1, 0.15) is 50.6 Å². The van der Waals surface area contributed by atoms with E-state index in [-0.39, 0.29) is 24.1 Å². The smallest absolute Gasteiger partial charge is 0.317 e. The summed E-state index contributed by atoms with van der Waals surface area (Å²) in [5.41, 5.74) is 1.91. The van der Waals surface area contributed by atoms with Gasteiger partial charge in [0.25, 0.3) is 0 Å². The van der Waals surface area contributed by atoms with Crippen LogP contribution < -0.4 is 10.2 Å². The van der Waals surface area contributed by atoms with E-state index in [0.29, 0.717) is 13.0 Å². The molecule has 2 saturated heterocycles. The van der Waals surface area contributed by atoms with Crippen LogP contribution in [0.15, 0.2) is 24.3 Å². The molecule has 2 atom stereocenters. The monoisotopic (exact) mass is 359 g/mol. The lowest BCUT2D eigenvalue weighted by Crippen LogP contribution is -2.43. The Bertz CT molecular complexity index is 643. The van der Waals surface area contributed by atoms with Gasteiger partial charge in [-0.3, -0.25) is 4.79 Å². The second-order valence-electron chi connectivity index (χ2n) is 7.28. The highest BCUT2D eigenvalue weighted by Gasteiger charge is 2.23. The molecule has 2 aliphatic heterocycles. The molecule has 0 spiro atoms. The fourth-order valence-electron chi connectivity index (χ4n) is 3.60. The van der Waals surface area contributed by atoms with Crippen molar-refractivity contribution in [2.45, 2.75) is 51.2 Å². The minimum absolute atomic E-state index is 0.102. The molecule has 0 aromatic heterocycles. The first-order chi connectivity index (χ1) is 12.5. The molecule has 6 heteroatoms. The van der Waals surface area contributed by atoms with E-state index in [0.717, 1.165) is 43.7 Å². The van der Waals surface area contributed by atoms with E-state index in [1.165, 1.54) is 6.42 Å². The van der Waals surface area contributed by atoms with E-state index in [9.17, 15) is 9.59 Å². The SMILES string of the molecule is CC(NC(=O)N(C)CC1CCCCO1)c1cccc(N2CCCC2=O)c1. The summed E-state index contributed by atoms with van der Waals surface area (Å²) in [6.07, 6.45) is 4.95. The number of benzene rings is 1. The third kappa shape index (κ3) is 4.55. The van der Waals surface area contributed by atoms with Crippen molar-refractivity contribution in [2.24, 2.45) is 0 Å². The maximum absolute atomic E-state index is 12.5. The number of carbonyl (C=O) groups is 2. The van der Waals surface area contributed by atoms with Crippen LogP contribution in [0.25, 0.3) is 0 Å². The second kappa shape index (κ2) is 8.54. The normalized spacial score (nSPS) is 21.5. The van der Waals surface area contributed by atoms with Gasteiger partial charge in [-0.15, -0.1) is 0 Å².